The zero-order valence-electron chi connectivity index (χ0n) is 14.6. The lowest BCUT2D eigenvalue weighted by Gasteiger charge is -2.31. The molecule has 1 aliphatic heterocycles. The third-order valence-electron chi connectivity index (χ3n) is 4.32. The minimum Gasteiger partial charge on any atom is -0.384 e. The smallest absolute Gasteiger partial charge is 0.142 e. The average molecular weight is 344 g/mol. The van der Waals surface area contributed by atoms with Gasteiger partial charge in [-0.3, -0.25) is 0 Å². The van der Waals surface area contributed by atoms with E-state index in [4.69, 9.17) is 5.73 Å². The van der Waals surface area contributed by atoms with E-state index in [2.05, 4.69) is 21.7 Å². The van der Waals surface area contributed by atoms with Crippen molar-refractivity contribution in [1.29, 1.82) is 5.26 Å². The van der Waals surface area contributed by atoms with Crippen molar-refractivity contribution in [2.45, 2.75) is 12.8 Å². The molecular weight excluding hydrogens is 326 g/mol. The highest BCUT2D eigenvalue weighted by atomic mass is 19.1. The number of nitriles is 1. The summed E-state index contributed by atoms with van der Waals surface area (Å²) in [5, 5.41) is 9.26. The first kappa shape index (κ1) is 17.6. The molecule has 0 radical (unpaired) electrons. The number of nitrogens with zero attached hydrogens (tertiary/aromatic N) is 3. The number of piperidine rings is 1. The van der Waals surface area contributed by atoms with Gasteiger partial charge in [0.05, 0.1) is 5.69 Å². The van der Waals surface area contributed by atoms with Gasteiger partial charge in [0, 0.05) is 13.1 Å². The van der Waals surface area contributed by atoms with Crippen LogP contribution in [0.4, 0.5) is 15.9 Å². The Bertz CT molecular complexity index is 956. The monoisotopic (exact) mass is 344 g/mol. The minimum absolute atomic E-state index is 0.121. The molecule has 4 nitrogen and oxygen atoms in total. The van der Waals surface area contributed by atoms with Crippen LogP contribution in [0, 0.1) is 29.0 Å². The number of benzene rings is 1. The van der Waals surface area contributed by atoms with Crippen LogP contribution in [0.25, 0.3) is 0 Å². The molecule has 6 heteroatoms. The lowest BCUT2D eigenvalue weighted by molar-refractivity contribution is 0.620. The second-order valence-electron chi connectivity index (χ2n) is 6.26. The van der Waals surface area contributed by atoms with E-state index < -0.39 is 5.82 Å². The summed E-state index contributed by atoms with van der Waals surface area (Å²) >= 11 is 0. The highest BCUT2D eigenvalue weighted by Gasteiger charge is 2.19. The van der Waals surface area contributed by atoms with Gasteiger partial charge >= 0.3 is 0 Å². The lowest BCUT2D eigenvalue weighted by Crippen LogP contribution is -2.32. The number of pyridine rings is 1. The summed E-state index contributed by atoms with van der Waals surface area (Å²) in [6.45, 7) is 1.48. The highest BCUT2D eigenvalue weighted by molar-refractivity contribution is 6.32. The lowest BCUT2D eigenvalue weighted by atomic mass is 9.92. The van der Waals surface area contributed by atoms with Crippen molar-refractivity contribution in [1.82, 2.24) is 4.98 Å². The van der Waals surface area contributed by atoms with Crippen molar-refractivity contribution in [2.24, 2.45) is 0 Å². The number of aromatic nitrogens is 1. The predicted molar refractivity (Wildman–Crippen MR) is 104 cm³/mol. The fourth-order valence-electron chi connectivity index (χ4n) is 3.00. The molecule has 0 saturated carbocycles. The molecule has 0 spiro atoms. The maximum Gasteiger partial charge on any atom is 0.142 e. The van der Waals surface area contributed by atoms with Crippen LogP contribution in [0.5, 0.6) is 0 Å². The van der Waals surface area contributed by atoms with Crippen molar-refractivity contribution in [3.63, 3.8) is 0 Å². The Hall–Kier alpha value is -3.25. The van der Waals surface area contributed by atoms with Crippen molar-refractivity contribution in [2.75, 3.05) is 23.7 Å². The summed E-state index contributed by atoms with van der Waals surface area (Å²) in [6, 6.07) is 10.6. The zero-order valence-corrected chi connectivity index (χ0v) is 14.6. The molecule has 3 rings (SSSR count). The second kappa shape index (κ2) is 7.76. The topological polar surface area (TPSA) is 65.9 Å². The first-order chi connectivity index (χ1) is 12.6. The maximum absolute atomic E-state index is 14.0. The zero-order chi connectivity index (χ0) is 18.5. The Labute approximate surface area is 153 Å². The Morgan fingerprint density at radius 3 is 2.73 bits per heavy atom. The molecule has 1 aromatic carbocycles. The van der Waals surface area contributed by atoms with Gasteiger partial charge < -0.3 is 10.6 Å². The van der Waals surface area contributed by atoms with E-state index in [-0.39, 0.29) is 5.56 Å². The van der Waals surface area contributed by atoms with Gasteiger partial charge in [-0.15, -0.1) is 0 Å². The summed E-state index contributed by atoms with van der Waals surface area (Å²) < 4.78 is 14.0. The molecule has 128 valence electrons. The average Bonchev–Trinajstić information content (AvgIpc) is 2.62. The van der Waals surface area contributed by atoms with Crippen molar-refractivity contribution in [3.05, 3.63) is 59.1 Å². The molecule has 1 aromatic heterocycles. The van der Waals surface area contributed by atoms with Crippen LogP contribution in [0.15, 0.2) is 42.0 Å². The van der Waals surface area contributed by atoms with Gasteiger partial charge in [-0.1, -0.05) is 23.0 Å². The summed E-state index contributed by atoms with van der Waals surface area (Å²) in [5.41, 5.74) is 9.14. The molecular formula is C20H18BFN4. The predicted octanol–water partition coefficient (Wildman–Crippen LogP) is 1.51. The molecule has 0 aliphatic carbocycles. The summed E-state index contributed by atoms with van der Waals surface area (Å²) in [4.78, 5) is 6.21. The van der Waals surface area contributed by atoms with E-state index in [0.717, 1.165) is 31.4 Å². The number of nitrogen functional groups attached to an aromatic ring is 1. The largest absolute Gasteiger partial charge is 0.384 e. The quantitative estimate of drug-likeness (QED) is 0.629. The molecule has 26 heavy (non-hydrogen) atoms. The van der Waals surface area contributed by atoms with Crippen LogP contribution < -0.4 is 16.1 Å². The Morgan fingerprint density at radius 1 is 1.27 bits per heavy atom. The number of allylic oxidation sites excluding steroid dienone is 1. The molecule has 2 aromatic rings. The third kappa shape index (κ3) is 4.04. The first-order valence-electron chi connectivity index (χ1n) is 8.44. The SMILES string of the molecule is Bc1cc(F)c(C#N)c(N2CCC(=CC#Cc3cccc(N)n3)CC2)c1. The molecule has 1 saturated heterocycles. The molecule has 2 heterocycles. The van der Waals surface area contributed by atoms with E-state index >= 15 is 0 Å². The second-order valence-corrected chi connectivity index (χ2v) is 6.26. The van der Waals surface area contributed by atoms with Crippen molar-refractivity contribution < 1.29 is 4.39 Å². The van der Waals surface area contributed by atoms with Gasteiger partial charge in [0.25, 0.3) is 0 Å². The maximum atomic E-state index is 14.0. The standard InChI is InChI=1S/C20H18BFN4/c21-15-11-18(22)17(13-23)19(12-15)26-9-7-14(8-10-26)3-1-4-16-5-2-6-20(24)25-16/h2-3,5-6,11-12H,7-10,21H2,(H2,24,25). The fraction of sp³-hybridized carbons (Fsp3) is 0.200. The number of anilines is 2. The van der Waals surface area contributed by atoms with Crippen LogP contribution >= 0.6 is 0 Å². The van der Waals surface area contributed by atoms with Crippen LogP contribution in [-0.2, 0) is 0 Å². The normalized spacial score (nSPS) is 13.5. The molecule has 2 N–H and O–H groups in total. The van der Waals surface area contributed by atoms with Crippen LogP contribution in [0.2, 0.25) is 0 Å². The van der Waals surface area contributed by atoms with E-state index in [1.54, 1.807) is 6.07 Å². The number of hydrogen-bond acceptors (Lipinski definition) is 4. The van der Waals surface area contributed by atoms with Crippen LogP contribution in [0.3, 0.4) is 0 Å². The fourth-order valence-corrected chi connectivity index (χ4v) is 3.00. The Kier molecular flexibility index (Phi) is 5.24. The molecule has 1 fully saturated rings. The molecule has 0 atom stereocenters. The van der Waals surface area contributed by atoms with E-state index in [0.29, 0.717) is 17.2 Å². The van der Waals surface area contributed by atoms with E-state index in [1.165, 1.54) is 11.6 Å². The van der Waals surface area contributed by atoms with Crippen molar-refractivity contribution >= 4 is 24.8 Å². The molecule has 0 bridgehead atoms. The Morgan fingerprint density at radius 2 is 2.04 bits per heavy atom. The summed E-state index contributed by atoms with van der Waals surface area (Å²) in [5.74, 6) is 6.02. The van der Waals surface area contributed by atoms with E-state index in [9.17, 15) is 9.65 Å². The van der Waals surface area contributed by atoms with Gasteiger partial charge in [-0.25, -0.2) is 9.37 Å². The summed E-state index contributed by atoms with van der Waals surface area (Å²) in [6.07, 6.45) is 3.59. The number of halogens is 1. The highest BCUT2D eigenvalue weighted by Crippen LogP contribution is 2.26. The van der Waals surface area contributed by atoms with Crippen molar-refractivity contribution in [3.8, 4) is 17.9 Å². The number of rotatable bonds is 1. The van der Waals surface area contributed by atoms with Gasteiger partial charge in [-0.05, 0) is 49.1 Å². The minimum atomic E-state index is -0.454. The Balaban J connectivity index is 1.70. The third-order valence-corrected chi connectivity index (χ3v) is 4.32. The molecule has 1 aliphatic rings. The van der Waals surface area contributed by atoms with E-state index in [1.807, 2.05) is 38.2 Å². The summed E-state index contributed by atoms with van der Waals surface area (Å²) in [7, 11) is 1.84. The number of hydrogen-bond donors (Lipinski definition) is 1. The number of nitrogens with two attached hydrogens (primary N) is 1. The van der Waals surface area contributed by atoms with Gasteiger partial charge in [0.15, 0.2) is 0 Å². The van der Waals surface area contributed by atoms with Crippen LogP contribution in [-0.4, -0.2) is 25.9 Å². The van der Waals surface area contributed by atoms with Gasteiger partial charge in [0.1, 0.15) is 36.8 Å². The first-order valence-corrected chi connectivity index (χ1v) is 8.44. The van der Waals surface area contributed by atoms with Gasteiger partial charge in [0.2, 0.25) is 0 Å². The molecule has 0 amide bonds. The van der Waals surface area contributed by atoms with Crippen LogP contribution in [0.1, 0.15) is 24.1 Å². The molecule has 0 unspecified atom stereocenters. The van der Waals surface area contributed by atoms with Gasteiger partial charge in [-0.2, -0.15) is 5.26 Å².